The summed E-state index contributed by atoms with van der Waals surface area (Å²) in [6.45, 7) is 4.03. The maximum Gasteiger partial charge on any atom is 0.130 e. The van der Waals surface area contributed by atoms with Crippen molar-refractivity contribution in [1.82, 2.24) is 9.88 Å². The molecule has 1 N–H and O–H groups in total. The number of rotatable bonds is 5. The molecular weight excluding hydrogens is 186 g/mol. The first-order chi connectivity index (χ1) is 7.31. The van der Waals surface area contributed by atoms with E-state index in [1.54, 1.807) is 0 Å². The van der Waals surface area contributed by atoms with Gasteiger partial charge >= 0.3 is 0 Å². The van der Waals surface area contributed by atoms with Crippen molar-refractivity contribution in [2.24, 2.45) is 0 Å². The highest BCUT2D eigenvalue weighted by molar-refractivity contribution is 5.43. The molecule has 15 heavy (non-hydrogen) atoms. The van der Waals surface area contributed by atoms with E-state index in [4.69, 9.17) is 0 Å². The molecule has 0 unspecified atom stereocenters. The van der Waals surface area contributed by atoms with E-state index >= 15 is 0 Å². The Balaban J connectivity index is 2.04. The fourth-order valence-corrected chi connectivity index (χ4v) is 1.81. The summed E-state index contributed by atoms with van der Waals surface area (Å²) in [4.78, 5) is 6.78. The van der Waals surface area contributed by atoms with E-state index in [1.165, 1.54) is 18.4 Å². The van der Waals surface area contributed by atoms with Crippen LogP contribution in [0.1, 0.15) is 25.3 Å². The van der Waals surface area contributed by atoms with Crippen LogP contribution >= 0.6 is 0 Å². The van der Waals surface area contributed by atoms with Crippen LogP contribution in [-0.4, -0.2) is 29.5 Å². The summed E-state index contributed by atoms with van der Waals surface area (Å²) in [5.74, 6) is 1.03. The van der Waals surface area contributed by atoms with Gasteiger partial charge in [0.1, 0.15) is 5.82 Å². The Bertz CT molecular complexity index is 320. The Morgan fingerprint density at radius 1 is 1.53 bits per heavy atom. The van der Waals surface area contributed by atoms with Crippen molar-refractivity contribution in [2.45, 2.75) is 32.4 Å². The standard InChI is InChI=1S/C12H19N3/c1-3-13-12-10(5-4-8-14-12)9-15(2)11-6-7-11/h4-5,8,11H,3,6-7,9H2,1-2H3,(H,13,14). The highest BCUT2D eigenvalue weighted by Crippen LogP contribution is 2.27. The van der Waals surface area contributed by atoms with Gasteiger partial charge in [0.2, 0.25) is 0 Å². The lowest BCUT2D eigenvalue weighted by molar-refractivity contribution is 0.316. The van der Waals surface area contributed by atoms with Crippen molar-refractivity contribution in [3.63, 3.8) is 0 Å². The molecule has 0 bridgehead atoms. The molecule has 1 aromatic heterocycles. The van der Waals surface area contributed by atoms with Gasteiger partial charge in [-0.2, -0.15) is 0 Å². The van der Waals surface area contributed by atoms with Crippen LogP contribution in [0.4, 0.5) is 5.82 Å². The highest BCUT2D eigenvalue weighted by Gasteiger charge is 2.26. The molecule has 0 aliphatic heterocycles. The summed E-state index contributed by atoms with van der Waals surface area (Å²) in [6, 6.07) is 4.97. The highest BCUT2D eigenvalue weighted by atomic mass is 15.2. The third-order valence-corrected chi connectivity index (χ3v) is 2.83. The second kappa shape index (κ2) is 4.62. The van der Waals surface area contributed by atoms with Crippen molar-refractivity contribution in [3.8, 4) is 0 Å². The molecular formula is C12H19N3. The molecule has 0 aromatic carbocycles. The minimum absolute atomic E-state index is 0.805. The van der Waals surface area contributed by atoms with Gasteiger partial charge in [-0.05, 0) is 32.9 Å². The molecule has 1 saturated carbocycles. The minimum Gasteiger partial charge on any atom is -0.370 e. The summed E-state index contributed by atoms with van der Waals surface area (Å²) in [5.41, 5.74) is 1.30. The van der Waals surface area contributed by atoms with Gasteiger partial charge in [0.05, 0.1) is 0 Å². The van der Waals surface area contributed by atoms with Crippen LogP contribution in [0.15, 0.2) is 18.3 Å². The molecule has 1 aliphatic rings. The van der Waals surface area contributed by atoms with Gasteiger partial charge < -0.3 is 5.32 Å². The number of hydrogen-bond acceptors (Lipinski definition) is 3. The van der Waals surface area contributed by atoms with Gasteiger partial charge in [-0.15, -0.1) is 0 Å². The molecule has 0 atom stereocenters. The maximum atomic E-state index is 4.36. The van der Waals surface area contributed by atoms with E-state index in [9.17, 15) is 0 Å². The van der Waals surface area contributed by atoms with E-state index in [2.05, 4.69) is 35.2 Å². The van der Waals surface area contributed by atoms with Crippen molar-refractivity contribution in [1.29, 1.82) is 0 Å². The Morgan fingerprint density at radius 3 is 3.00 bits per heavy atom. The van der Waals surface area contributed by atoms with Crippen molar-refractivity contribution >= 4 is 5.82 Å². The Morgan fingerprint density at radius 2 is 2.33 bits per heavy atom. The normalized spacial score (nSPS) is 15.7. The molecule has 0 radical (unpaired) electrons. The second-order valence-electron chi connectivity index (χ2n) is 4.19. The van der Waals surface area contributed by atoms with Crippen molar-refractivity contribution < 1.29 is 0 Å². The van der Waals surface area contributed by atoms with Crippen molar-refractivity contribution in [3.05, 3.63) is 23.9 Å². The van der Waals surface area contributed by atoms with Gasteiger partial charge in [-0.25, -0.2) is 4.98 Å². The Labute approximate surface area is 91.5 Å². The van der Waals surface area contributed by atoms with Crippen LogP contribution in [0.25, 0.3) is 0 Å². The van der Waals surface area contributed by atoms with Crippen LogP contribution in [0.5, 0.6) is 0 Å². The van der Waals surface area contributed by atoms with Crippen LogP contribution in [-0.2, 0) is 6.54 Å². The molecule has 82 valence electrons. The smallest absolute Gasteiger partial charge is 0.130 e. The first-order valence-corrected chi connectivity index (χ1v) is 5.69. The lowest BCUT2D eigenvalue weighted by atomic mass is 10.2. The number of aromatic nitrogens is 1. The second-order valence-corrected chi connectivity index (χ2v) is 4.19. The quantitative estimate of drug-likeness (QED) is 0.798. The zero-order valence-electron chi connectivity index (χ0n) is 9.53. The number of nitrogens with one attached hydrogen (secondary N) is 1. The van der Waals surface area contributed by atoms with Gasteiger partial charge in [0, 0.05) is 30.9 Å². The molecule has 1 aromatic rings. The molecule has 1 heterocycles. The summed E-state index contributed by atoms with van der Waals surface area (Å²) < 4.78 is 0. The molecule has 1 aliphatic carbocycles. The van der Waals surface area contributed by atoms with Gasteiger partial charge in [-0.1, -0.05) is 6.07 Å². The van der Waals surface area contributed by atoms with Crippen molar-refractivity contribution in [2.75, 3.05) is 18.9 Å². The molecule has 0 saturated heterocycles. The average molecular weight is 205 g/mol. The number of pyridine rings is 1. The molecule has 0 spiro atoms. The third-order valence-electron chi connectivity index (χ3n) is 2.83. The zero-order chi connectivity index (χ0) is 10.7. The van der Waals surface area contributed by atoms with E-state index in [1.807, 2.05) is 12.3 Å². The summed E-state index contributed by atoms with van der Waals surface area (Å²) in [5, 5.41) is 3.30. The SMILES string of the molecule is CCNc1ncccc1CN(C)C1CC1. The minimum atomic E-state index is 0.805. The lowest BCUT2D eigenvalue weighted by Crippen LogP contribution is -2.21. The van der Waals surface area contributed by atoms with Crippen LogP contribution in [0.3, 0.4) is 0 Å². The predicted molar refractivity (Wildman–Crippen MR) is 62.9 cm³/mol. The number of nitrogens with zero attached hydrogens (tertiary/aromatic N) is 2. The first-order valence-electron chi connectivity index (χ1n) is 5.69. The zero-order valence-corrected chi connectivity index (χ0v) is 9.53. The maximum absolute atomic E-state index is 4.36. The largest absolute Gasteiger partial charge is 0.370 e. The van der Waals surface area contributed by atoms with Crippen LogP contribution < -0.4 is 5.32 Å². The monoisotopic (exact) mass is 205 g/mol. The fourth-order valence-electron chi connectivity index (χ4n) is 1.81. The van der Waals surface area contributed by atoms with Crippen LogP contribution in [0, 0.1) is 0 Å². The molecule has 3 heteroatoms. The molecule has 2 rings (SSSR count). The van der Waals surface area contributed by atoms with E-state index in [-0.39, 0.29) is 0 Å². The van der Waals surface area contributed by atoms with Gasteiger partial charge in [0.25, 0.3) is 0 Å². The fraction of sp³-hybridized carbons (Fsp3) is 0.583. The van der Waals surface area contributed by atoms with E-state index in [0.717, 1.165) is 24.9 Å². The summed E-state index contributed by atoms with van der Waals surface area (Å²) in [6.07, 6.45) is 4.55. The predicted octanol–water partition coefficient (Wildman–Crippen LogP) is 2.11. The molecule has 0 amide bonds. The summed E-state index contributed by atoms with van der Waals surface area (Å²) >= 11 is 0. The Hall–Kier alpha value is -1.09. The summed E-state index contributed by atoms with van der Waals surface area (Å²) in [7, 11) is 2.19. The van der Waals surface area contributed by atoms with E-state index in [0.29, 0.717) is 0 Å². The number of hydrogen-bond donors (Lipinski definition) is 1. The van der Waals surface area contributed by atoms with Crippen LogP contribution in [0.2, 0.25) is 0 Å². The Kier molecular flexibility index (Phi) is 3.21. The van der Waals surface area contributed by atoms with E-state index < -0.39 is 0 Å². The third kappa shape index (κ3) is 2.69. The van der Waals surface area contributed by atoms with Gasteiger partial charge in [0.15, 0.2) is 0 Å². The molecule has 1 fully saturated rings. The molecule has 3 nitrogen and oxygen atoms in total. The van der Waals surface area contributed by atoms with Gasteiger partial charge in [-0.3, -0.25) is 4.90 Å². The lowest BCUT2D eigenvalue weighted by Gasteiger charge is -2.17. The first kappa shape index (κ1) is 10.4. The topological polar surface area (TPSA) is 28.2 Å². The average Bonchev–Trinajstić information content (AvgIpc) is 3.04. The number of anilines is 1.